The second kappa shape index (κ2) is 15.9. The van der Waals surface area contributed by atoms with E-state index in [1.807, 2.05) is 24.3 Å². The number of amides is 2. The van der Waals surface area contributed by atoms with Gasteiger partial charge in [-0.3, -0.25) is 9.59 Å². The summed E-state index contributed by atoms with van der Waals surface area (Å²) < 4.78 is 21.0. The highest BCUT2D eigenvalue weighted by molar-refractivity contribution is 5.92. The number of rotatable bonds is 15. The van der Waals surface area contributed by atoms with Gasteiger partial charge in [0.2, 0.25) is 11.8 Å². The maximum Gasteiger partial charge on any atom is 0.244 e. The van der Waals surface area contributed by atoms with Crippen LogP contribution in [0.2, 0.25) is 0 Å². The molecule has 0 unspecified atom stereocenters. The molecule has 0 aliphatic rings. The number of carbonyl (C=O) groups is 2. The maximum atomic E-state index is 12.1. The number of hydrogen-bond donors (Lipinski definition) is 2. The largest absolute Gasteiger partial charge is 0.497 e. The van der Waals surface area contributed by atoms with E-state index in [-0.39, 0.29) is 11.8 Å². The molecule has 0 spiro atoms. The molecule has 0 saturated heterocycles. The van der Waals surface area contributed by atoms with Crippen LogP contribution in [0.15, 0.2) is 48.6 Å². The summed E-state index contributed by atoms with van der Waals surface area (Å²) >= 11 is 0. The van der Waals surface area contributed by atoms with Gasteiger partial charge in [-0.05, 0) is 49.3 Å². The fraction of sp³-hybridized carbons (Fsp3) is 0.357. The molecule has 0 aromatic heterocycles. The summed E-state index contributed by atoms with van der Waals surface area (Å²) in [6.45, 7) is 1.20. The maximum absolute atomic E-state index is 12.1. The topological polar surface area (TPSA) is 95.1 Å². The van der Waals surface area contributed by atoms with Gasteiger partial charge in [-0.2, -0.15) is 0 Å². The van der Waals surface area contributed by atoms with Crippen molar-refractivity contribution in [1.29, 1.82) is 0 Å². The molecular formula is C28H36N2O6. The van der Waals surface area contributed by atoms with Crippen LogP contribution in [0.1, 0.15) is 36.8 Å². The zero-order valence-corrected chi connectivity index (χ0v) is 21.5. The van der Waals surface area contributed by atoms with Crippen LogP contribution in [0.3, 0.4) is 0 Å². The van der Waals surface area contributed by atoms with Crippen LogP contribution in [0.4, 0.5) is 0 Å². The third kappa shape index (κ3) is 9.74. The molecule has 0 aliphatic carbocycles. The summed E-state index contributed by atoms with van der Waals surface area (Å²) in [6.07, 6.45) is 10.1. The SMILES string of the molecule is COc1ccc(/C=C/C(=O)NCCCCCCNC(=O)/C=C/c2ccc(OC)cc2OC)c(OC)c1. The van der Waals surface area contributed by atoms with Gasteiger partial charge in [0.1, 0.15) is 23.0 Å². The van der Waals surface area contributed by atoms with Gasteiger partial charge in [-0.25, -0.2) is 0 Å². The van der Waals surface area contributed by atoms with Gasteiger partial charge in [0.25, 0.3) is 0 Å². The van der Waals surface area contributed by atoms with Gasteiger partial charge in [0.05, 0.1) is 28.4 Å². The second-order valence-electron chi connectivity index (χ2n) is 7.88. The lowest BCUT2D eigenvalue weighted by atomic mass is 10.1. The molecule has 194 valence electrons. The Hall–Kier alpha value is -3.94. The normalized spacial score (nSPS) is 10.9. The quantitative estimate of drug-likeness (QED) is 0.283. The summed E-state index contributed by atoms with van der Waals surface area (Å²) in [5, 5.41) is 5.77. The van der Waals surface area contributed by atoms with E-state index in [0.29, 0.717) is 36.1 Å². The lowest BCUT2D eigenvalue weighted by Gasteiger charge is -2.07. The first-order chi connectivity index (χ1) is 17.5. The van der Waals surface area contributed by atoms with Crippen LogP contribution in [0.5, 0.6) is 23.0 Å². The minimum absolute atomic E-state index is 0.152. The van der Waals surface area contributed by atoms with Crippen LogP contribution >= 0.6 is 0 Å². The average Bonchev–Trinajstić information content (AvgIpc) is 2.91. The number of ether oxygens (including phenoxy) is 4. The van der Waals surface area contributed by atoms with Gasteiger partial charge in [-0.1, -0.05) is 12.8 Å². The van der Waals surface area contributed by atoms with E-state index >= 15 is 0 Å². The smallest absolute Gasteiger partial charge is 0.244 e. The van der Waals surface area contributed by atoms with E-state index in [2.05, 4.69) is 10.6 Å². The molecule has 36 heavy (non-hydrogen) atoms. The third-order valence-corrected chi connectivity index (χ3v) is 5.41. The Labute approximate surface area is 213 Å². The minimum atomic E-state index is -0.152. The highest BCUT2D eigenvalue weighted by atomic mass is 16.5. The summed E-state index contributed by atoms with van der Waals surface area (Å²) in [4.78, 5) is 24.1. The summed E-state index contributed by atoms with van der Waals surface area (Å²) in [5.41, 5.74) is 1.60. The predicted molar refractivity (Wildman–Crippen MR) is 142 cm³/mol. The number of benzene rings is 2. The first-order valence-electron chi connectivity index (χ1n) is 11.9. The Balaban J connectivity index is 1.59. The van der Waals surface area contributed by atoms with E-state index in [9.17, 15) is 9.59 Å². The van der Waals surface area contributed by atoms with Crippen molar-refractivity contribution < 1.29 is 28.5 Å². The van der Waals surface area contributed by atoms with Crippen molar-refractivity contribution in [2.45, 2.75) is 25.7 Å². The van der Waals surface area contributed by atoms with Gasteiger partial charge >= 0.3 is 0 Å². The molecule has 2 amide bonds. The van der Waals surface area contributed by atoms with Crippen molar-refractivity contribution in [2.24, 2.45) is 0 Å². The van der Waals surface area contributed by atoms with Crippen LogP contribution < -0.4 is 29.6 Å². The second-order valence-corrected chi connectivity index (χ2v) is 7.88. The van der Waals surface area contributed by atoms with Crippen LogP contribution in [0.25, 0.3) is 12.2 Å². The summed E-state index contributed by atoms with van der Waals surface area (Å²) in [5.74, 6) is 2.36. The van der Waals surface area contributed by atoms with Crippen molar-refractivity contribution in [3.8, 4) is 23.0 Å². The van der Waals surface area contributed by atoms with Crippen LogP contribution in [-0.4, -0.2) is 53.3 Å². The molecule has 0 bridgehead atoms. The Kier molecular flexibility index (Phi) is 12.5. The van der Waals surface area contributed by atoms with E-state index in [1.54, 1.807) is 52.7 Å². The van der Waals surface area contributed by atoms with Gasteiger partial charge in [-0.15, -0.1) is 0 Å². The number of unbranched alkanes of at least 4 members (excludes halogenated alkanes) is 3. The zero-order chi connectivity index (χ0) is 26.2. The highest BCUT2D eigenvalue weighted by Gasteiger charge is 2.04. The van der Waals surface area contributed by atoms with Crippen molar-refractivity contribution in [3.63, 3.8) is 0 Å². The number of nitrogens with one attached hydrogen (secondary N) is 2. The fourth-order valence-corrected chi connectivity index (χ4v) is 3.39. The van der Waals surface area contributed by atoms with Crippen molar-refractivity contribution in [3.05, 3.63) is 59.7 Å². The number of hydrogen-bond acceptors (Lipinski definition) is 6. The predicted octanol–water partition coefficient (Wildman–Crippen LogP) is 4.24. The lowest BCUT2D eigenvalue weighted by molar-refractivity contribution is -0.117. The monoisotopic (exact) mass is 496 g/mol. The number of methoxy groups -OCH3 is 4. The highest BCUT2D eigenvalue weighted by Crippen LogP contribution is 2.26. The molecular weight excluding hydrogens is 460 g/mol. The van der Waals surface area contributed by atoms with E-state index in [0.717, 1.165) is 36.8 Å². The van der Waals surface area contributed by atoms with Gasteiger partial charge in [0.15, 0.2) is 0 Å². The van der Waals surface area contributed by atoms with Crippen molar-refractivity contribution >= 4 is 24.0 Å². The Morgan fingerprint density at radius 2 is 1.06 bits per heavy atom. The first kappa shape index (κ1) is 28.3. The summed E-state index contributed by atoms with van der Waals surface area (Å²) in [6, 6.07) is 10.9. The summed E-state index contributed by atoms with van der Waals surface area (Å²) in [7, 11) is 6.34. The van der Waals surface area contributed by atoms with Crippen molar-refractivity contribution in [2.75, 3.05) is 41.5 Å². The molecule has 0 aliphatic heterocycles. The Morgan fingerprint density at radius 1 is 0.639 bits per heavy atom. The molecule has 0 atom stereocenters. The van der Waals surface area contributed by atoms with E-state index in [4.69, 9.17) is 18.9 Å². The molecule has 2 rings (SSSR count). The average molecular weight is 497 g/mol. The molecule has 8 nitrogen and oxygen atoms in total. The van der Waals surface area contributed by atoms with Gasteiger partial charge < -0.3 is 29.6 Å². The molecule has 0 radical (unpaired) electrons. The first-order valence-corrected chi connectivity index (χ1v) is 11.9. The van der Waals surface area contributed by atoms with E-state index in [1.165, 1.54) is 12.2 Å². The molecule has 0 heterocycles. The lowest BCUT2D eigenvalue weighted by Crippen LogP contribution is -2.23. The van der Waals surface area contributed by atoms with Gasteiger partial charge in [0, 0.05) is 48.5 Å². The molecule has 2 aromatic carbocycles. The molecule has 2 aromatic rings. The molecule has 2 N–H and O–H groups in total. The van der Waals surface area contributed by atoms with Crippen LogP contribution in [0, 0.1) is 0 Å². The Morgan fingerprint density at radius 3 is 1.42 bits per heavy atom. The fourth-order valence-electron chi connectivity index (χ4n) is 3.39. The standard InChI is InChI=1S/C28H36N2O6/c1-33-23-13-9-21(25(19-23)35-3)11-15-27(31)29-17-7-5-6-8-18-30-28(32)16-12-22-10-14-24(34-2)20-26(22)36-4/h9-16,19-20H,5-8,17-18H2,1-4H3,(H,29,31)(H,30,32)/b15-11+,16-12+. The van der Waals surface area contributed by atoms with Crippen molar-refractivity contribution in [1.82, 2.24) is 10.6 Å². The Bertz CT molecular complexity index is 965. The van der Waals surface area contributed by atoms with Crippen LogP contribution in [-0.2, 0) is 9.59 Å². The molecule has 0 fully saturated rings. The third-order valence-electron chi connectivity index (χ3n) is 5.41. The number of carbonyl (C=O) groups excluding carboxylic acids is 2. The molecule has 8 heteroatoms. The molecule has 0 saturated carbocycles. The minimum Gasteiger partial charge on any atom is -0.497 e. The van der Waals surface area contributed by atoms with E-state index < -0.39 is 0 Å². The zero-order valence-electron chi connectivity index (χ0n) is 21.5.